The molecule has 1 aromatic heterocycles. The molecule has 1 heterocycles. The van der Waals surface area contributed by atoms with E-state index in [9.17, 15) is 4.79 Å². The first-order valence-corrected chi connectivity index (χ1v) is 9.14. The molecule has 3 aromatic rings. The van der Waals surface area contributed by atoms with Crippen molar-refractivity contribution >= 4 is 29.5 Å². The van der Waals surface area contributed by atoms with E-state index in [-0.39, 0.29) is 5.97 Å². The molecule has 0 fully saturated rings. The molecule has 0 spiro atoms. The summed E-state index contributed by atoms with van der Waals surface area (Å²) in [5.74, 6) is -0.308. The van der Waals surface area contributed by atoms with E-state index in [1.54, 1.807) is 19.1 Å². The zero-order chi connectivity index (χ0) is 19.4. The summed E-state index contributed by atoms with van der Waals surface area (Å²) in [7, 11) is 0. The summed E-state index contributed by atoms with van der Waals surface area (Å²) in [6, 6.07) is 17.0. The smallest absolute Gasteiger partial charge is 0.338 e. The third-order valence-electron chi connectivity index (χ3n) is 4.30. The van der Waals surface area contributed by atoms with Crippen molar-refractivity contribution in [2.24, 2.45) is 4.99 Å². The minimum atomic E-state index is -0.308. The first kappa shape index (κ1) is 18.9. The Bertz CT molecular complexity index is 988. The van der Waals surface area contributed by atoms with E-state index in [4.69, 9.17) is 16.3 Å². The third kappa shape index (κ3) is 4.12. The topological polar surface area (TPSA) is 43.6 Å². The van der Waals surface area contributed by atoms with Crippen LogP contribution in [0.2, 0.25) is 5.02 Å². The van der Waals surface area contributed by atoms with Crippen molar-refractivity contribution in [2.45, 2.75) is 20.8 Å². The van der Waals surface area contributed by atoms with Gasteiger partial charge in [0.25, 0.3) is 0 Å². The van der Waals surface area contributed by atoms with E-state index in [0.717, 1.165) is 28.3 Å². The zero-order valence-electron chi connectivity index (χ0n) is 15.6. The fourth-order valence-corrected chi connectivity index (χ4v) is 3.16. The Labute approximate surface area is 164 Å². The molecule has 4 nitrogen and oxygen atoms in total. The molecule has 0 aliphatic heterocycles. The van der Waals surface area contributed by atoms with Crippen molar-refractivity contribution in [2.75, 3.05) is 6.61 Å². The number of esters is 1. The van der Waals surface area contributed by atoms with Crippen molar-refractivity contribution < 1.29 is 9.53 Å². The van der Waals surface area contributed by atoms with Crippen LogP contribution in [0.3, 0.4) is 0 Å². The molecule has 138 valence electrons. The number of hydrogen-bond acceptors (Lipinski definition) is 3. The summed E-state index contributed by atoms with van der Waals surface area (Å²) in [4.78, 5) is 16.3. The van der Waals surface area contributed by atoms with E-state index in [0.29, 0.717) is 17.2 Å². The summed E-state index contributed by atoms with van der Waals surface area (Å²) >= 11 is 6.17. The van der Waals surface area contributed by atoms with Gasteiger partial charge >= 0.3 is 5.97 Å². The van der Waals surface area contributed by atoms with Crippen molar-refractivity contribution in [3.63, 3.8) is 0 Å². The van der Waals surface area contributed by atoms with Crippen LogP contribution in [0, 0.1) is 13.8 Å². The summed E-state index contributed by atoms with van der Waals surface area (Å²) in [5, 5.41) is 0.622. The molecule has 0 unspecified atom stereocenters. The Morgan fingerprint density at radius 1 is 1.15 bits per heavy atom. The molecule has 3 rings (SSSR count). The van der Waals surface area contributed by atoms with Crippen molar-refractivity contribution in [1.29, 1.82) is 0 Å². The van der Waals surface area contributed by atoms with Crippen molar-refractivity contribution in [3.8, 4) is 5.69 Å². The van der Waals surface area contributed by atoms with Gasteiger partial charge in [0.15, 0.2) is 0 Å². The Morgan fingerprint density at radius 2 is 1.85 bits per heavy atom. The van der Waals surface area contributed by atoms with Gasteiger partial charge in [-0.05, 0) is 63.2 Å². The van der Waals surface area contributed by atoms with Gasteiger partial charge in [-0.15, -0.1) is 0 Å². The number of rotatable bonds is 5. The Balaban J connectivity index is 1.90. The van der Waals surface area contributed by atoms with Crippen LogP contribution in [-0.4, -0.2) is 23.4 Å². The van der Waals surface area contributed by atoms with Crippen LogP contribution in [0.4, 0.5) is 5.69 Å². The first-order chi connectivity index (χ1) is 13.0. The Kier molecular flexibility index (Phi) is 5.77. The van der Waals surface area contributed by atoms with Crippen LogP contribution in [0.25, 0.3) is 5.69 Å². The second kappa shape index (κ2) is 8.23. The predicted molar refractivity (Wildman–Crippen MR) is 110 cm³/mol. The highest BCUT2D eigenvalue weighted by atomic mass is 35.5. The molecule has 0 aliphatic carbocycles. The largest absolute Gasteiger partial charge is 0.462 e. The van der Waals surface area contributed by atoms with Crippen LogP contribution in [0.15, 0.2) is 59.6 Å². The second-order valence-electron chi connectivity index (χ2n) is 6.14. The number of aromatic nitrogens is 1. The molecule has 0 radical (unpaired) electrons. The Hall–Kier alpha value is -2.85. The lowest BCUT2D eigenvalue weighted by molar-refractivity contribution is 0.0526. The summed E-state index contributed by atoms with van der Waals surface area (Å²) in [6.07, 6.45) is 1.83. The predicted octanol–water partition coefficient (Wildman–Crippen LogP) is 5.67. The number of carbonyl (C=O) groups excluding carboxylic acids is 1. The van der Waals surface area contributed by atoms with Gasteiger partial charge in [0.1, 0.15) is 0 Å². The normalized spacial score (nSPS) is 11.1. The van der Waals surface area contributed by atoms with Crippen molar-refractivity contribution in [1.82, 2.24) is 4.57 Å². The second-order valence-corrected chi connectivity index (χ2v) is 6.55. The minimum absolute atomic E-state index is 0.308. The van der Waals surface area contributed by atoms with E-state index < -0.39 is 0 Å². The van der Waals surface area contributed by atoms with Crippen LogP contribution in [-0.2, 0) is 4.74 Å². The number of nitrogens with zero attached hydrogens (tertiary/aromatic N) is 2. The van der Waals surface area contributed by atoms with E-state index in [2.05, 4.69) is 15.6 Å². The van der Waals surface area contributed by atoms with Gasteiger partial charge in [-0.1, -0.05) is 23.7 Å². The highest BCUT2D eigenvalue weighted by Gasteiger charge is 2.11. The molecule has 0 bridgehead atoms. The lowest BCUT2D eigenvalue weighted by Crippen LogP contribution is -2.05. The number of aryl methyl sites for hydroxylation is 1. The van der Waals surface area contributed by atoms with Crippen LogP contribution < -0.4 is 0 Å². The quantitative estimate of drug-likeness (QED) is 0.422. The highest BCUT2D eigenvalue weighted by molar-refractivity contribution is 6.33. The van der Waals surface area contributed by atoms with Gasteiger partial charge in [-0.3, -0.25) is 4.99 Å². The lowest BCUT2D eigenvalue weighted by atomic mass is 10.2. The van der Waals surface area contributed by atoms with E-state index >= 15 is 0 Å². The van der Waals surface area contributed by atoms with E-state index in [1.807, 2.05) is 56.5 Å². The van der Waals surface area contributed by atoms with Crippen molar-refractivity contribution in [3.05, 3.63) is 82.1 Å². The highest BCUT2D eigenvalue weighted by Crippen LogP contribution is 2.25. The number of benzene rings is 2. The monoisotopic (exact) mass is 380 g/mol. The van der Waals surface area contributed by atoms with Gasteiger partial charge in [-0.25, -0.2) is 4.79 Å². The molecule has 27 heavy (non-hydrogen) atoms. The number of aliphatic imine (C=N–C) groups is 1. The summed E-state index contributed by atoms with van der Waals surface area (Å²) < 4.78 is 7.16. The standard InChI is InChI=1S/C22H21ClN2O2/c1-4-27-22(26)17-9-11-19(12-10-17)25-15(2)13-18(16(25)3)14-24-21-8-6-5-7-20(21)23/h5-14H,4H2,1-3H3. The van der Waals surface area contributed by atoms with Gasteiger partial charge in [-0.2, -0.15) is 0 Å². The zero-order valence-corrected chi connectivity index (χ0v) is 16.3. The number of halogens is 1. The van der Waals surface area contributed by atoms with Crippen LogP contribution >= 0.6 is 11.6 Å². The number of para-hydroxylation sites is 1. The van der Waals surface area contributed by atoms with Gasteiger partial charge in [0.2, 0.25) is 0 Å². The van der Waals surface area contributed by atoms with Crippen LogP contribution in [0.5, 0.6) is 0 Å². The minimum Gasteiger partial charge on any atom is -0.462 e. The molecule has 5 heteroatoms. The van der Waals surface area contributed by atoms with Gasteiger partial charge < -0.3 is 9.30 Å². The maximum absolute atomic E-state index is 11.8. The molecule has 0 amide bonds. The molecule has 0 saturated heterocycles. The SMILES string of the molecule is CCOC(=O)c1ccc(-n2c(C)cc(C=Nc3ccccc3Cl)c2C)cc1. The van der Waals surface area contributed by atoms with Crippen LogP contribution in [0.1, 0.15) is 34.2 Å². The lowest BCUT2D eigenvalue weighted by Gasteiger charge is -2.10. The van der Waals surface area contributed by atoms with Gasteiger partial charge in [0.05, 0.1) is 22.9 Å². The molecule has 0 N–H and O–H groups in total. The molecule has 0 aliphatic rings. The average Bonchev–Trinajstić information content (AvgIpc) is 2.95. The maximum atomic E-state index is 11.8. The average molecular weight is 381 g/mol. The molecule has 0 atom stereocenters. The number of ether oxygens (including phenoxy) is 1. The number of carbonyl (C=O) groups is 1. The maximum Gasteiger partial charge on any atom is 0.338 e. The summed E-state index contributed by atoms with van der Waals surface area (Å²) in [6.45, 7) is 6.24. The van der Waals surface area contributed by atoms with E-state index in [1.165, 1.54) is 0 Å². The molecule has 2 aromatic carbocycles. The number of hydrogen-bond donors (Lipinski definition) is 0. The fraction of sp³-hybridized carbons (Fsp3) is 0.182. The fourth-order valence-electron chi connectivity index (χ4n) is 2.97. The summed E-state index contributed by atoms with van der Waals surface area (Å²) in [5.41, 5.74) is 5.42. The Morgan fingerprint density at radius 3 is 2.52 bits per heavy atom. The molecular weight excluding hydrogens is 360 g/mol. The first-order valence-electron chi connectivity index (χ1n) is 8.76. The van der Waals surface area contributed by atoms with Gasteiger partial charge in [0, 0.05) is 28.9 Å². The molecular formula is C22H21ClN2O2. The molecule has 0 saturated carbocycles. The third-order valence-corrected chi connectivity index (χ3v) is 4.62.